The maximum absolute atomic E-state index is 10.3. The summed E-state index contributed by atoms with van der Waals surface area (Å²) in [5.74, 6) is -0.714. The van der Waals surface area contributed by atoms with Crippen LogP contribution < -0.4 is 5.32 Å². The Bertz CT molecular complexity index is 184. The molecule has 0 spiro atoms. The van der Waals surface area contributed by atoms with Crippen LogP contribution in [0.4, 0.5) is 0 Å². The van der Waals surface area contributed by atoms with Gasteiger partial charge < -0.3 is 10.4 Å². The third-order valence-electron chi connectivity index (χ3n) is 1.89. The molecule has 1 aliphatic heterocycles. The number of nitrogens with one attached hydrogen (secondary N) is 1. The molecule has 4 N–H and O–H groups in total. The SMILES string of the molecule is O=C(O)CC1CNCCS1(O)O. The molecule has 0 aromatic heterocycles. The fourth-order valence-corrected chi connectivity index (χ4v) is 2.76. The number of hydrogen-bond donors (Lipinski definition) is 4. The highest BCUT2D eigenvalue weighted by Crippen LogP contribution is 2.46. The van der Waals surface area contributed by atoms with Crippen LogP contribution >= 0.6 is 10.6 Å². The molecule has 1 aliphatic rings. The van der Waals surface area contributed by atoms with E-state index in [-0.39, 0.29) is 12.2 Å². The molecule has 1 fully saturated rings. The van der Waals surface area contributed by atoms with E-state index in [0.29, 0.717) is 13.1 Å². The van der Waals surface area contributed by atoms with E-state index in [9.17, 15) is 13.9 Å². The molecular formula is C6H13NO4S. The van der Waals surface area contributed by atoms with Crippen molar-refractivity contribution in [1.29, 1.82) is 0 Å². The van der Waals surface area contributed by atoms with Gasteiger partial charge in [0.25, 0.3) is 0 Å². The molecule has 0 aromatic carbocycles. The van der Waals surface area contributed by atoms with Crippen LogP contribution in [0.15, 0.2) is 0 Å². The third kappa shape index (κ3) is 2.34. The summed E-state index contributed by atoms with van der Waals surface area (Å²) in [6.07, 6.45) is -0.171. The van der Waals surface area contributed by atoms with Crippen molar-refractivity contribution in [3.8, 4) is 0 Å². The van der Waals surface area contributed by atoms with Gasteiger partial charge >= 0.3 is 5.97 Å². The highest BCUT2D eigenvalue weighted by Gasteiger charge is 2.30. The minimum atomic E-state index is -2.66. The second-order valence-electron chi connectivity index (χ2n) is 2.85. The monoisotopic (exact) mass is 195 g/mol. The van der Waals surface area contributed by atoms with Crippen LogP contribution in [0.3, 0.4) is 0 Å². The molecule has 12 heavy (non-hydrogen) atoms. The first-order valence-corrected chi connectivity index (χ1v) is 5.47. The van der Waals surface area contributed by atoms with Crippen molar-refractivity contribution in [3.05, 3.63) is 0 Å². The first kappa shape index (κ1) is 9.79. The maximum Gasteiger partial charge on any atom is 0.305 e. The topological polar surface area (TPSA) is 89.8 Å². The summed E-state index contributed by atoms with van der Waals surface area (Å²) in [6.45, 7) is 0.938. The predicted octanol–water partition coefficient (Wildman–Crippen LogP) is 0.184. The Morgan fingerprint density at radius 1 is 1.58 bits per heavy atom. The number of aliphatic carboxylic acids is 1. The molecule has 0 radical (unpaired) electrons. The summed E-state index contributed by atoms with van der Waals surface area (Å²) in [6, 6.07) is 0. The van der Waals surface area contributed by atoms with Gasteiger partial charge in [0.2, 0.25) is 0 Å². The molecule has 1 atom stereocenters. The molecule has 6 heteroatoms. The highest BCUT2D eigenvalue weighted by molar-refractivity contribution is 8.24. The standard InChI is InChI=1S/C6H13NO4S/c8-6(9)3-5-4-7-1-2-12(5,10)11/h5,7,10-11H,1-4H2,(H,8,9). The Labute approximate surface area is 72.1 Å². The Kier molecular flexibility index (Phi) is 2.94. The predicted molar refractivity (Wildman–Crippen MR) is 46.6 cm³/mol. The summed E-state index contributed by atoms with van der Waals surface area (Å²) in [5, 5.41) is 10.9. The molecule has 1 saturated heterocycles. The first-order valence-electron chi connectivity index (χ1n) is 3.69. The van der Waals surface area contributed by atoms with Crippen LogP contribution in [-0.2, 0) is 4.79 Å². The zero-order valence-corrected chi connectivity index (χ0v) is 7.38. The Balaban J connectivity index is 2.54. The van der Waals surface area contributed by atoms with Gasteiger partial charge in [0.1, 0.15) is 0 Å². The lowest BCUT2D eigenvalue weighted by atomic mass is 10.3. The summed E-state index contributed by atoms with van der Waals surface area (Å²) < 4.78 is 18.8. The maximum atomic E-state index is 10.3. The van der Waals surface area contributed by atoms with Crippen molar-refractivity contribution in [3.63, 3.8) is 0 Å². The Morgan fingerprint density at radius 3 is 2.75 bits per heavy atom. The van der Waals surface area contributed by atoms with E-state index >= 15 is 0 Å². The largest absolute Gasteiger partial charge is 0.481 e. The summed E-state index contributed by atoms with van der Waals surface area (Å²) in [5.41, 5.74) is 0. The number of hydrogen-bond acceptors (Lipinski definition) is 4. The third-order valence-corrected chi connectivity index (χ3v) is 4.09. The summed E-state index contributed by atoms with van der Waals surface area (Å²) in [7, 11) is -2.66. The van der Waals surface area contributed by atoms with Crippen LogP contribution in [0.5, 0.6) is 0 Å². The molecule has 1 heterocycles. The molecule has 0 bridgehead atoms. The summed E-state index contributed by atoms with van der Waals surface area (Å²) >= 11 is 0. The highest BCUT2D eigenvalue weighted by atomic mass is 32.3. The number of carbonyl (C=O) groups is 1. The van der Waals surface area contributed by atoms with E-state index in [1.165, 1.54) is 0 Å². The van der Waals surface area contributed by atoms with Crippen molar-refractivity contribution in [2.24, 2.45) is 0 Å². The zero-order chi connectivity index (χ0) is 9.19. The van der Waals surface area contributed by atoms with Crippen molar-refractivity contribution >= 4 is 16.6 Å². The molecule has 5 nitrogen and oxygen atoms in total. The fraction of sp³-hybridized carbons (Fsp3) is 0.833. The van der Waals surface area contributed by atoms with Crippen molar-refractivity contribution in [2.75, 3.05) is 18.8 Å². The van der Waals surface area contributed by atoms with Gasteiger partial charge in [-0.05, 0) is 0 Å². The Morgan fingerprint density at radius 2 is 2.25 bits per heavy atom. The lowest BCUT2D eigenvalue weighted by molar-refractivity contribution is -0.137. The van der Waals surface area contributed by atoms with Crippen LogP contribution in [0.25, 0.3) is 0 Å². The second-order valence-corrected chi connectivity index (χ2v) is 5.36. The van der Waals surface area contributed by atoms with Crippen molar-refractivity contribution in [1.82, 2.24) is 5.32 Å². The number of carboxylic acid groups (broad SMARTS) is 1. The first-order chi connectivity index (χ1) is 5.52. The van der Waals surface area contributed by atoms with Crippen molar-refractivity contribution in [2.45, 2.75) is 11.7 Å². The number of carboxylic acids is 1. The molecular weight excluding hydrogens is 182 g/mol. The molecule has 0 amide bonds. The van der Waals surface area contributed by atoms with Crippen LogP contribution in [0, 0.1) is 0 Å². The van der Waals surface area contributed by atoms with Gasteiger partial charge in [0.05, 0.1) is 17.4 Å². The summed E-state index contributed by atoms with van der Waals surface area (Å²) in [4.78, 5) is 10.3. The Hall–Kier alpha value is -0.300. The van der Waals surface area contributed by atoms with E-state index in [2.05, 4.69) is 5.32 Å². The number of rotatable bonds is 2. The van der Waals surface area contributed by atoms with Gasteiger partial charge in [-0.1, -0.05) is 0 Å². The molecule has 1 unspecified atom stereocenters. The van der Waals surface area contributed by atoms with E-state index in [1.54, 1.807) is 0 Å². The average Bonchev–Trinajstić information content (AvgIpc) is 1.92. The van der Waals surface area contributed by atoms with E-state index in [0.717, 1.165) is 0 Å². The fourth-order valence-electron chi connectivity index (χ4n) is 1.19. The van der Waals surface area contributed by atoms with Gasteiger partial charge in [-0.3, -0.25) is 13.9 Å². The van der Waals surface area contributed by atoms with Crippen LogP contribution in [0.1, 0.15) is 6.42 Å². The zero-order valence-electron chi connectivity index (χ0n) is 6.56. The lowest BCUT2D eigenvalue weighted by Gasteiger charge is -2.43. The average molecular weight is 195 g/mol. The quantitative estimate of drug-likeness (QED) is 0.505. The second kappa shape index (κ2) is 3.61. The van der Waals surface area contributed by atoms with Crippen LogP contribution in [-0.4, -0.2) is 44.3 Å². The molecule has 72 valence electrons. The van der Waals surface area contributed by atoms with Crippen molar-refractivity contribution < 1.29 is 19.0 Å². The normalized spacial score (nSPS) is 31.0. The minimum absolute atomic E-state index is 0.171. The molecule has 0 saturated carbocycles. The van der Waals surface area contributed by atoms with Gasteiger partial charge in [-0.2, -0.15) is 10.6 Å². The molecule has 0 aromatic rings. The smallest absolute Gasteiger partial charge is 0.305 e. The van der Waals surface area contributed by atoms with Gasteiger partial charge in [0.15, 0.2) is 0 Å². The van der Waals surface area contributed by atoms with Crippen LogP contribution in [0.2, 0.25) is 0 Å². The van der Waals surface area contributed by atoms with Gasteiger partial charge in [0, 0.05) is 13.1 Å². The molecule has 1 rings (SSSR count). The minimum Gasteiger partial charge on any atom is -0.481 e. The van der Waals surface area contributed by atoms with E-state index < -0.39 is 21.8 Å². The van der Waals surface area contributed by atoms with E-state index in [1.807, 2.05) is 0 Å². The van der Waals surface area contributed by atoms with Gasteiger partial charge in [-0.15, -0.1) is 0 Å². The van der Waals surface area contributed by atoms with Gasteiger partial charge in [-0.25, -0.2) is 0 Å². The lowest BCUT2D eigenvalue weighted by Crippen LogP contribution is -2.42. The van der Waals surface area contributed by atoms with E-state index in [4.69, 9.17) is 5.11 Å². The molecule has 0 aliphatic carbocycles.